The molecule has 0 saturated carbocycles. The van der Waals surface area contributed by atoms with Crippen molar-refractivity contribution in [1.29, 1.82) is 0 Å². The maximum Gasteiger partial charge on any atom is 0.0502 e. The van der Waals surface area contributed by atoms with Crippen molar-refractivity contribution in [3.05, 3.63) is 33.8 Å². The molecule has 3 nitrogen and oxygen atoms in total. The molecule has 1 aromatic carbocycles. The van der Waals surface area contributed by atoms with Gasteiger partial charge in [-0.15, -0.1) is 0 Å². The number of nitrogens with zero attached hydrogens (tertiary/aromatic N) is 1. The maximum absolute atomic E-state index is 6.33. The highest BCUT2D eigenvalue weighted by Gasteiger charge is 2.28. The summed E-state index contributed by atoms with van der Waals surface area (Å²) in [5, 5.41) is 1.39. The van der Waals surface area contributed by atoms with Gasteiger partial charge in [0.15, 0.2) is 0 Å². The van der Waals surface area contributed by atoms with Crippen LogP contribution in [0.5, 0.6) is 0 Å². The number of halogens is 2. The van der Waals surface area contributed by atoms with E-state index in [-0.39, 0.29) is 6.04 Å². The molecule has 1 saturated heterocycles. The molecule has 20 heavy (non-hydrogen) atoms. The molecule has 2 unspecified atom stereocenters. The van der Waals surface area contributed by atoms with E-state index in [2.05, 4.69) is 4.90 Å². The minimum atomic E-state index is 0.0795. The lowest BCUT2D eigenvalue weighted by Crippen LogP contribution is -2.42. The fraction of sp³-hybridized carbons (Fsp3) is 0.600. The van der Waals surface area contributed by atoms with Crippen LogP contribution < -0.4 is 5.73 Å². The zero-order valence-corrected chi connectivity index (χ0v) is 13.3. The number of hydrogen-bond donors (Lipinski definition) is 1. The number of benzene rings is 1. The molecule has 0 aromatic heterocycles. The second-order valence-corrected chi connectivity index (χ2v) is 6.16. The number of piperidine rings is 1. The highest BCUT2D eigenvalue weighted by molar-refractivity contribution is 6.36. The monoisotopic (exact) mass is 316 g/mol. The van der Waals surface area contributed by atoms with Crippen LogP contribution in [-0.4, -0.2) is 38.3 Å². The number of methoxy groups -OCH3 is 1. The minimum absolute atomic E-state index is 0.0795. The van der Waals surface area contributed by atoms with E-state index >= 15 is 0 Å². The standard InChI is InChI=1S/C15H22Cl2N2O/c1-20-10-11-4-3-7-19(9-11)14(8-18)15-12(16)5-2-6-13(15)17/h2,5-6,11,14H,3-4,7-10,18H2,1H3. The Labute approximate surface area is 131 Å². The SMILES string of the molecule is COCC1CCCN(C(CN)c2c(Cl)cccc2Cl)C1. The summed E-state index contributed by atoms with van der Waals surface area (Å²) in [6.45, 7) is 3.33. The zero-order valence-electron chi connectivity index (χ0n) is 11.8. The van der Waals surface area contributed by atoms with Crippen molar-refractivity contribution in [2.75, 3.05) is 33.4 Å². The van der Waals surface area contributed by atoms with E-state index in [1.54, 1.807) is 7.11 Å². The molecule has 0 amide bonds. The molecule has 2 N–H and O–H groups in total. The topological polar surface area (TPSA) is 38.5 Å². The molecular weight excluding hydrogens is 295 g/mol. The second kappa shape index (κ2) is 7.62. The van der Waals surface area contributed by atoms with Crippen molar-refractivity contribution in [1.82, 2.24) is 4.90 Å². The Kier molecular flexibility index (Phi) is 6.12. The van der Waals surface area contributed by atoms with Crippen molar-refractivity contribution >= 4 is 23.2 Å². The van der Waals surface area contributed by atoms with Gasteiger partial charge in [-0.25, -0.2) is 0 Å². The molecule has 1 aliphatic rings. The molecule has 1 fully saturated rings. The Morgan fingerprint density at radius 1 is 1.40 bits per heavy atom. The Balaban J connectivity index is 2.19. The average Bonchev–Trinajstić information content (AvgIpc) is 2.44. The van der Waals surface area contributed by atoms with E-state index in [9.17, 15) is 0 Å². The van der Waals surface area contributed by atoms with Gasteiger partial charge < -0.3 is 10.5 Å². The van der Waals surface area contributed by atoms with E-state index in [0.717, 1.165) is 31.7 Å². The summed E-state index contributed by atoms with van der Waals surface area (Å²) in [5.74, 6) is 0.559. The van der Waals surface area contributed by atoms with Gasteiger partial charge in [-0.2, -0.15) is 0 Å². The van der Waals surface area contributed by atoms with Gasteiger partial charge in [-0.3, -0.25) is 4.90 Å². The van der Waals surface area contributed by atoms with Crippen molar-refractivity contribution in [3.63, 3.8) is 0 Å². The van der Waals surface area contributed by atoms with E-state index < -0.39 is 0 Å². The molecule has 0 radical (unpaired) electrons. The first-order valence-corrected chi connectivity index (χ1v) is 7.80. The fourth-order valence-corrected chi connectivity index (χ4v) is 3.68. The van der Waals surface area contributed by atoms with Gasteiger partial charge in [0.1, 0.15) is 0 Å². The first kappa shape index (κ1) is 16.1. The molecule has 1 heterocycles. The van der Waals surface area contributed by atoms with Crippen LogP contribution in [0.4, 0.5) is 0 Å². The largest absolute Gasteiger partial charge is 0.384 e. The summed E-state index contributed by atoms with van der Waals surface area (Å²) in [5.41, 5.74) is 6.96. The molecule has 0 aliphatic carbocycles. The number of nitrogens with two attached hydrogens (primary N) is 1. The summed E-state index contributed by atoms with van der Waals surface area (Å²) in [6.07, 6.45) is 2.37. The quantitative estimate of drug-likeness (QED) is 0.905. The summed E-state index contributed by atoms with van der Waals surface area (Å²) in [7, 11) is 1.75. The molecule has 1 aromatic rings. The van der Waals surface area contributed by atoms with Crippen molar-refractivity contribution in [2.45, 2.75) is 18.9 Å². The first-order chi connectivity index (χ1) is 9.67. The van der Waals surface area contributed by atoms with Crippen molar-refractivity contribution in [3.8, 4) is 0 Å². The third-order valence-electron chi connectivity index (χ3n) is 3.95. The Hall–Kier alpha value is -0.320. The van der Waals surface area contributed by atoms with E-state index in [1.165, 1.54) is 6.42 Å². The van der Waals surface area contributed by atoms with Crippen LogP contribution in [0.1, 0.15) is 24.4 Å². The summed E-state index contributed by atoms with van der Waals surface area (Å²) < 4.78 is 5.29. The summed E-state index contributed by atoms with van der Waals surface area (Å²) in [4.78, 5) is 2.39. The molecule has 5 heteroatoms. The molecule has 2 atom stereocenters. The highest BCUT2D eigenvalue weighted by Crippen LogP contribution is 2.35. The predicted octanol–water partition coefficient (Wildman–Crippen LogP) is 3.35. The van der Waals surface area contributed by atoms with Crippen LogP contribution in [0.2, 0.25) is 10.0 Å². The summed E-state index contributed by atoms with van der Waals surface area (Å²) >= 11 is 12.7. The van der Waals surface area contributed by atoms with Gasteiger partial charge in [0.05, 0.1) is 6.61 Å². The van der Waals surface area contributed by atoms with E-state index in [4.69, 9.17) is 33.7 Å². The Bertz CT molecular complexity index is 420. The van der Waals surface area contributed by atoms with Crippen LogP contribution >= 0.6 is 23.2 Å². The lowest BCUT2D eigenvalue weighted by atomic mass is 9.95. The molecule has 0 spiro atoms. The average molecular weight is 317 g/mol. The van der Waals surface area contributed by atoms with Crippen LogP contribution in [-0.2, 0) is 4.74 Å². The molecular formula is C15H22Cl2N2O. The van der Waals surface area contributed by atoms with Gasteiger partial charge in [0.25, 0.3) is 0 Å². The lowest BCUT2D eigenvalue weighted by molar-refractivity contribution is 0.0697. The Morgan fingerprint density at radius 3 is 2.70 bits per heavy atom. The number of likely N-dealkylation sites (tertiary alicyclic amines) is 1. The molecule has 2 rings (SSSR count). The first-order valence-electron chi connectivity index (χ1n) is 7.04. The van der Waals surface area contributed by atoms with Crippen molar-refractivity contribution < 1.29 is 4.74 Å². The predicted molar refractivity (Wildman–Crippen MR) is 84.4 cm³/mol. The van der Waals surface area contributed by atoms with E-state index in [1.807, 2.05) is 18.2 Å². The van der Waals surface area contributed by atoms with Crippen LogP contribution in [0, 0.1) is 5.92 Å². The van der Waals surface area contributed by atoms with Gasteiger partial charge in [0, 0.05) is 41.8 Å². The van der Waals surface area contributed by atoms with Gasteiger partial charge in [-0.1, -0.05) is 29.3 Å². The normalized spacial score (nSPS) is 21.9. The van der Waals surface area contributed by atoms with Crippen LogP contribution in [0.25, 0.3) is 0 Å². The van der Waals surface area contributed by atoms with Crippen LogP contribution in [0.15, 0.2) is 18.2 Å². The third kappa shape index (κ3) is 3.66. The highest BCUT2D eigenvalue weighted by atomic mass is 35.5. The maximum atomic E-state index is 6.33. The second-order valence-electron chi connectivity index (χ2n) is 5.35. The number of hydrogen-bond acceptors (Lipinski definition) is 3. The van der Waals surface area contributed by atoms with Crippen molar-refractivity contribution in [2.24, 2.45) is 11.7 Å². The molecule has 0 bridgehead atoms. The smallest absolute Gasteiger partial charge is 0.0502 e. The third-order valence-corrected chi connectivity index (χ3v) is 4.61. The van der Waals surface area contributed by atoms with Gasteiger partial charge >= 0.3 is 0 Å². The lowest BCUT2D eigenvalue weighted by Gasteiger charge is -2.38. The summed E-state index contributed by atoms with van der Waals surface area (Å²) in [6, 6.07) is 5.70. The van der Waals surface area contributed by atoms with Crippen LogP contribution in [0.3, 0.4) is 0 Å². The Morgan fingerprint density at radius 2 is 2.10 bits per heavy atom. The van der Waals surface area contributed by atoms with Gasteiger partial charge in [0.2, 0.25) is 0 Å². The minimum Gasteiger partial charge on any atom is -0.384 e. The fourth-order valence-electron chi connectivity index (χ4n) is 3.03. The van der Waals surface area contributed by atoms with E-state index in [0.29, 0.717) is 22.5 Å². The van der Waals surface area contributed by atoms with Gasteiger partial charge in [-0.05, 0) is 37.4 Å². The number of rotatable bonds is 5. The molecule has 1 aliphatic heterocycles. The number of ether oxygens (including phenoxy) is 1. The zero-order chi connectivity index (χ0) is 14.5. The molecule has 112 valence electrons.